The lowest BCUT2D eigenvalue weighted by Crippen LogP contribution is -2.41. The monoisotopic (exact) mass is 271 g/mol. The van der Waals surface area contributed by atoms with Gasteiger partial charge in [-0.15, -0.1) is 0 Å². The fraction of sp³-hybridized carbons (Fsp3) is 0.500. The molecule has 2 atom stereocenters. The van der Waals surface area contributed by atoms with E-state index in [0.717, 1.165) is 25.1 Å². The first kappa shape index (κ1) is 14.5. The van der Waals surface area contributed by atoms with Gasteiger partial charge in [0.05, 0.1) is 6.07 Å². The molecule has 1 aliphatic rings. The van der Waals surface area contributed by atoms with Crippen molar-refractivity contribution in [3.8, 4) is 6.07 Å². The number of nitrogens with one attached hydrogen (secondary N) is 1. The molecule has 2 unspecified atom stereocenters. The Hall–Kier alpha value is -1.86. The quantitative estimate of drug-likeness (QED) is 0.890. The molecular formula is C16H21N3O. The molecule has 0 spiro atoms. The Kier molecular flexibility index (Phi) is 5.14. The molecular weight excluding hydrogens is 250 g/mol. The summed E-state index contributed by atoms with van der Waals surface area (Å²) in [5, 5.41) is 12.2. The van der Waals surface area contributed by atoms with Gasteiger partial charge in [-0.05, 0) is 31.5 Å². The normalized spacial score (nSPS) is 20.3. The van der Waals surface area contributed by atoms with Crippen LogP contribution in [0.3, 0.4) is 0 Å². The summed E-state index contributed by atoms with van der Waals surface area (Å²) in [6.45, 7) is 4.90. The van der Waals surface area contributed by atoms with Gasteiger partial charge >= 0.3 is 0 Å². The van der Waals surface area contributed by atoms with Crippen LogP contribution < -0.4 is 5.32 Å². The molecule has 4 nitrogen and oxygen atoms in total. The lowest BCUT2D eigenvalue weighted by molar-refractivity contribution is -0.121. The van der Waals surface area contributed by atoms with Gasteiger partial charge < -0.3 is 5.32 Å². The second-order valence-electron chi connectivity index (χ2n) is 5.14. The van der Waals surface area contributed by atoms with Crippen molar-refractivity contribution < 1.29 is 4.79 Å². The van der Waals surface area contributed by atoms with E-state index < -0.39 is 5.92 Å². The fourth-order valence-corrected chi connectivity index (χ4v) is 2.79. The highest BCUT2D eigenvalue weighted by molar-refractivity contribution is 5.86. The van der Waals surface area contributed by atoms with Crippen molar-refractivity contribution in [1.29, 1.82) is 5.26 Å². The van der Waals surface area contributed by atoms with Gasteiger partial charge in [0.25, 0.3) is 0 Å². The van der Waals surface area contributed by atoms with Gasteiger partial charge in [-0.2, -0.15) is 5.26 Å². The number of likely N-dealkylation sites (N-methyl/N-ethyl adjacent to an activating group) is 1. The minimum absolute atomic E-state index is 0.193. The van der Waals surface area contributed by atoms with E-state index in [2.05, 4.69) is 23.2 Å². The third kappa shape index (κ3) is 3.37. The second-order valence-corrected chi connectivity index (χ2v) is 5.14. The zero-order valence-corrected chi connectivity index (χ0v) is 11.9. The molecule has 0 radical (unpaired) electrons. The highest BCUT2D eigenvalue weighted by Gasteiger charge is 2.25. The molecule has 0 bridgehead atoms. The molecule has 106 valence electrons. The largest absolute Gasteiger partial charge is 0.353 e. The smallest absolute Gasteiger partial charge is 0.241 e. The number of carbonyl (C=O) groups is 1. The van der Waals surface area contributed by atoms with E-state index in [4.69, 9.17) is 0 Å². The van der Waals surface area contributed by atoms with E-state index in [-0.39, 0.29) is 5.91 Å². The summed E-state index contributed by atoms with van der Waals surface area (Å²) >= 11 is 0. The van der Waals surface area contributed by atoms with Crippen LogP contribution in [0.2, 0.25) is 0 Å². The Morgan fingerprint density at radius 3 is 2.90 bits per heavy atom. The van der Waals surface area contributed by atoms with E-state index in [1.165, 1.54) is 6.42 Å². The molecule has 1 aliphatic heterocycles. The van der Waals surface area contributed by atoms with Crippen LogP contribution in [-0.2, 0) is 4.79 Å². The molecule has 1 amide bonds. The average molecular weight is 271 g/mol. The Bertz CT molecular complexity index is 480. The van der Waals surface area contributed by atoms with Crippen molar-refractivity contribution in [3.05, 3.63) is 35.9 Å². The third-order valence-electron chi connectivity index (χ3n) is 3.94. The van der Waals surface area contributed by atoms with Crippen LogP contribution >= 0.6 is 0 Å². The first-order chi connectivity index (χ1) is 9.76. The Morgan fingerprint density at radius 2 is 2.25 bits per heavy atom. The second kappa shape index (κ2) is 7.06. The number of hydrogen-bond acceptors (Lipinski definition) is 3. The van der Waals surface area contributed by atoms with Gasteiger partial charge in [0.2, 0.25) is 5.91 Å². The number of amides is 1. The van der Waals surface area contributed by atoms with Crippen LogP contribution in [0.1, 0.15) is 31.2 Å². The number of rotatable bonds is 5. The van der Waals surface area contributed by atoms with Crippen molar-refractivity contribution >= 4 is 5.91 Å². The number of likely N-dealkylation sites (tertiary alicyclic amines) is 1. The SMILES string of the molecule is CCN1CCCC1CNC(=O)C(C#N)c1ccccc1. The Balaban J connectivity index is 1.92. The van der Waals surface area contributed by atoms with E-state index in [9.17, 15) is 10.1 Å². The number of hydrogen-bond donors (Lipinski definition) is 1. The maximum absolute atomic E-state index is 12.2. The van der Waals surface area contributed by atoms with Crippen molar-refractivity contribution in [2.45, 2.75) is 31.7 Å². The van der Waals surface area contributed by atoms with Gasteiger partial charge in [-0.3, -0.25) is 9.69 Å². The van der Waals surface area contributed by atoms with Crippen molar-refractivity contribution in [2.24, 2.45) is 0 Å². The van der Waals surface area contributed by atoms with Crippen LogP contribution in [0.15, 0.2) is 30.3 Å². The summed E-state index contributed by atoms with van der Waals surface area (Å²) in [7, 11) is 0. The molecule has 0 saturated carbocycles. The molecule has 1 aromatic carbocycles. The molecule has 1 N–H and O–H groups in total. The molecule has 1 saturated heterocycles. The number of nitrogens with zero attached hydrogens (tertiary/aromatic N) is 2. The van der Waals surface area contributed by atoms with Crippen molar-refractivity contribution in [2.75, 3.05) is 19.6 Å². The Labute approximate surface area is 120 Å². The highest BCUT2D eigenvalue weighted by Crippen LogP contribution is 2.17. The van der Waals surface area contributed by atoms with Gasteiger partial charge in [0.1, 0.15) is 5.92 Å². The minimum Gasteiger partial charge on any atom is -0.353 e. The summed E-state index contributed by atoms with van der Waals surface area (Å²) in [6, 6.07) is 11.7. The summed E-state index contributed by atoms with van der Waals surface area (Å²) in [5.41, 5.74) is 0.756. The predicted octanol–water partition coefficient (Wildman–Crippen LogP) is 1.89. The summed E-state index contributed by atoms with van der Waals surface area (Å²) in [4.78, 5) is 14.6. The van der Waals surface area contributed by atoms with Crippen molar-refractivity contribution in [3.63, 3.8) is 0 Å². The van der Waals surface area contributed by atoms with Crippen molar-refractivity contribution in [1.82, 2.24) is 10.2 Å². The third-order valence-corrected chi connectivity index (χ3v) is 3.94. The van der Waals surface area contributed by atoms with E-state index in [1.807, 2.05) is 30.3 Å². The molecule has 0 aliphatic carbocycles. The zero-order chi connectivity index (χ0) is 14.4. The van der Waals surface area contributed by atoms with Gasteiger partial charge in [0, 0.05) is 12.6 Å². The summed E-state index contributed by atoms with van der Waals surface area (Å²) in [6.07, 6.45) is 2.31. The zero-order valence-electron chi connectivity index (χ0n) is 11.9. The van der Waals surface area contributed by atoms with Gasteiger partial charge in [-0.25, -0.2) is 0 Å². The van der Waals surface area contributed by atoms with Crippen LogP contribution in [-0.4, -0.2) is 36.5 Å². The van der Waals surface area contributed by atoms with E-state index in [1.54, 1.807) is 0 Å². The molecule has 20 heavy (non-hydrogen) atoms. The molecule has 0 aromatic heterocycles. The van der Waals surface area contributed by atoms with Gasteiger partial charge in [0.15, 0.2) is 0 Å². The maximum Gasteiger partial charge on any atom is 0.241 e. The predicted molar refractivity (Wildman–Crippen MR) is 78.1 cm³/mol. The lowest BCUT2D eigenvalue weighted by atomic mass is 10.00. The van der Waals surface area contributed by atoms with Crippen LogP contribution in [0.4, 0.5) is 0 Å². The van der Waals surface area contributed by atoms with E-state index >= 15 is 0 Å². The summed E-state index contributed by atoms with van der Waals surface area (Å²) < 4.78 is 0. The van der Waals surface area contributed by atoms with Gasteiger partial charge in [-0.1, -0.05) is 37.3 Å². The molecule has 1 heterocycles. The molecule has 4 heteroatoms. The van der Waals surface area contributed by atoms with E-state index in [0.29, 0.717) is 12.6 Å². The van der Waals surface area contributed by atoms with Crippen LogP contribution in [0.5, 0.6) is 0 Å². The number of nitriles is 1. The highest BCUT2D eigenvalue weighted by atomic mass is 16.1. The lowest BCUT2D eigenvalue weighted by Gasteiger charge is -2.23. The topological polar surface area (TPSA) is 56.1 Å². The number of carbonyl (C=O) groups excluding carboxylic acids is 1. The maximum atomic E-state index is 12.2. The number of benzene rings is 1. The fourth-order valence-electron chi connectivity index (χ4n) is 2.79. The Morgan fingerprint density at radius 1 is 1.50 bits per heavy atom. The minimum atomic E-state index is -0.715. The van der Waals surface area contributed by atoms with Crippen LogP contribution in [0, 0.1) is 11.3 Å². The molecule has 1 aromatic rings. The molecule has 1 fully saturated rings. The molecule has 2 rings (SSSR count). The average Bonchev–Trinajstić information content (AvgIpc) is 2.94. The standard InChI is InChI=1S/C16H21N3O/c1-2-19-10-6-9-14(19)12-18-16(20)15(11-17)13-7-4-3-5-8-13/h3-5,7-8,14-15H,2,6,9-10,12H2,1H3,(H,18,20). The first-order valence-electron chi connectivity index (χ1n) is 7.22. The van der Waals surface area contributed by atoms with Crippen LogP contribution in [0.25, 0.3) is 0 Å². The summed E-state index contributed by atoms with van der Waals surface area (Å²) in [5.74, 6) is -0.908. The first-order valence-corrected chi connectivity index (χ1v) is 7.22.